The highest BCUT2D eigenvalue weighted by Crippen LogP contribution is 2.22. The van der Waals surface area contributed by atoms with Crippen molar-refractivity contribution in [2.24, 2.45) is 5.92 Å². The third-order valence-corrected chi connectivity index (χ3v) is 4.50. The number of nitrogens with zero attached hydrogens (tertiary/aromatic N) is 2. The average molecular weight is 300 g/mol. The molecular weight excluding hydrogens is 279 g/mol. The van der Waals surface area contributed by atoms with Gasteiger partial charge in [0, 0.05) is 24.5 Å². The van der Waals surface area contributed by atoms with Crippen LogP contribution in [-0.2, 0) is 0 Å². The van der Waals surface area contributed by atoms with Crippen LogP contribution < -0.4 is 0 Å². The number of hydrogen-bond donors (Lipinski definition) is 0. The van der Waals surface area contributed by atoms with Crippen LogP contribution in [0.2, 0.25) is 0 Å². The van der Waals surface area contributed by atoms with Gasteiger partial charge in [-0.05, 0) is 50.3 Å². The van der Waals surface area contributed by atoms with Crippen molar-refractivity contribution in [2.45, 2.75) is 33.1 Å². The zero-order valence-corrected chi connectivity index (χ0v) is 13.1. The molecule has 2 heterocycles. The smallest absolute Gasteiger partial charge is 0.255 e. The summed E-state index contributed by atoms with van der Waals surface area (Å²) in [6, 6.07) is 6.33. The van der Waals surface area contributed by atoms with Crippen molar-refractivity contribution >= 4 is 16.8 Å². The number of pyridine rings is 1. The summed E-state index contributed by atoms with van der Waals surface area (Å²) >= 11 is 0. The number of rotatable bonds is 1. The normalized spacial score (nSPS) is 19.2. The monoisotopic (exact) mass is 300 g/mol. The van der Waals surface area contributed by atoms with Gasteiger partial charge in [0.05, 0.1) is 16.8 Å². The first-order valence-electron chi connectivity index (χ1n) is 7.91. The van der Waals surface area contributed by atoms with Gasteiger partial charge in [0.25, 0.3) is 5.91 Å². The van der Waals surface area contributed by atoms with Gasteiger partial charge in [-0.15, -0.1) is 0 Å². The molecule has 4 heteroatoms. The zero-order valence-electron chi connectivity index (χ0n) is 13.1. The van der Waals surface area contributed by atoms with Crippen LogP contribution in [-0.4, -0.2) is 28.9 Å². The van der Waals surface area contributed by atoms with Gasteiger partial charge in [0.1, 0.15) is 5.82 Å². The second-order valence-corrected chi connectivity index (χ2v) is 6.29. The molecule has 3 nitrogen and oxygen atoms in total. The predicted molar refractivity (Wildman–Crippen MR) is 85.4 cm³/mol. The Hall–Kier alpha value is -1.97. The second-order valence-electron chi connectivity index (χ2n) is 6.29. The molecule has 1 fully saturated rings. The Balaban J connectivity index is 1.93. The van der Waals surface area contributed by atoms with E-state index in [0.29, 0.717) is 22.7 Å². The van der Waals surface area contributed by atoms with E-state index in [-0.39, 0.29) is 11.7 Å². The average Bonchev–Trinajstić information content (AvgIpc) is 2.70. The second kappa shape index (κ2) is 6.03. The number of fused-ring (bicyclic) bond motifs is 1. The first-order valence-corrected chi connectivity index (χ1v) is 7.91. The molecular formula is C18H21FN2O. The van der Waals surface area contributed by atoms with E-state index in [1.165, 1.54) is 18.6 Å². The van der Waals surface area contributed by atoms with Crippen LogP contribution in [0.1, 0.15) is 42.2 Å². The number of carbonyl (C=O) groups is 1. The minimum absolute atomic E-state index is 0.0466. The maximum Gasteiger partial charge on any atom is 0.255 e. The topological polar surface area (TPSA) is 33.2 Å². The van der Waals surface area contributed by atoms with E-state index in [2.05, 4.69) is 11.9 Å². The summed E-state index contributed by atoms with van der Waals surface area (Å²) in [5.74, 6) is 0.418. The van der Waals surface area contributed by atoms with Crippen molar-refractivity contribution in [1.29, 1.82) is 0 Å². The Bertz CT molecular complexity index is 714. The predicted octanol–water partition coefficient (Wildman–Crippen LogP) is 3.94. The molecule has 1 amide bonds. The highest BCUT2D eigenvalue weighted by molar-refractivity contribution is 5.98. The van der Waals surface area contributed by atoms with Gasteiger partial charge >= 0.3 is 0 Å². The number of hydrogen-bond acceptors (Lipinski definition) is 2. The number of carbonyl (C=O) groups excluding carboxylic acids is 1. The maximum absolute atomic E-state index is 13.3. The standard InChI is InChI=1S/C18H21FN2O/c1-12-4-3-8-21(9-7-12)18(22)16-10-14-5-6-15(19)11-17(14)20-13(16)2/h5-6,10-12H,3-4,7-9H2,1-2H3. The molecule has 116 valence electrons. The van der Waals surface area contributed by atoms with Crippen molar-refractivity contribution in [1.82, 2.24) is 9.88 Å². The van der Waals surface area contributed by atoms with Crippen LogP contribution in [0.3, 0.4) is 0 Å². The molecule has 1 atom stereocenters. The van der Waals surface area contributed by atoms with Crippen LogP contribution in [0, 0.1) is 18.7 Å². The van der Waals surface area contributed by atoms with E-state index in [9.17, 15) is 9.18 Å². The molecule has 3 rings (SSSR count). The lowest BCUT2D eigenvalue weighted by molar-refractivity contribution is 0.0759. The number of halogens is 1. The minimum Gasteiger partial charge on any atom is -0.339 e. The van der Waals surface area contributed by atoms with E-state index in [0.717, 1.165) is 31.3 Å². The van der Waals surface area contributed by atoms with Crippen molar-refractivity contribution in [3.05, 3.63) is 41.3 Å². The molecule has 2 aromatic rings. The largest absolute Gasteiger partial charge is 0.339 e. The molecule has 0 N–H and O–H groups in total. The first kappa shape index (κ1) is 14.9. The Labute approximate surface area is 130 Å². The van der Waals surface area contributed by atoms with E-state index < -0.39 is 0 Å². The third kappa shape index (κ3) is 2.96. The summed E-state index contributed by atoms with van der Waals surface area (Å²) < 4.78 is 13.3. The molecule has 1 aliphatic rings. The highest BCUT2D eigenvalue weighted by Gasteiger charge is 2.21. The zero-order chi connectivity index (χ0) is 15.7. The maximum atomic E-state index is 13.3. The third-order valence-electron chi connectivity index (χ3n) is 4.50. The van der Waals surface area contributed by atoms with E-state index >= 15 is 0 Å². The molecule has 1 aliphatic heterocycles. The summed E-state index contributed by atoms with van der Waals surface area (Å²) in [5, 5.41) is 0.804. The van der Waals surface area contributed by atoms with E-state index in [1.807, 2.05) is 17.9 Å². The fourth-order valence-electron chi connectivity index (χ4n) is 3.09. The number of aryl methyl sites for hydroxylation is 1. The molecule has 0 saturated carbocycles. The summed E-state index contributed by atoms with van der Waals surface area (Å²) in [7, 11) is 0. The van der Waals surface area contributed by atoms with Crippen LogP contribution in [0.4, 0.5) is 4.39 Å². The number of benzene rings is 1. The van der Waals surface area contributed by atoms with Crippen molar-refractivity contribution < 1.29 is 9.18 Å². The Morgan fingerprint density at radius 1 is 1.27 bits per heavy atom. The van der Waals surface area contributed by atoms with Crippen LogP contribution >= 0.6 is 0 Å². The van der Waals surface area contributed by atoms with Gasteiger partial charge in [-0.2, -0.15) is 0 Å². The first-order chi connectivity index (χ1) is 10.5. The Kier molecular flexibility index (Phi) is 4.10. The van der Waals surface area contributed by atoms with Gasteiger partial charge in [-0.1, -0.05) is 6.92 Å². The minimum atomic E-state index is -0.306. The van der Waals surface area contributed by atoms with Crippen LogP contribution in [0.5, 0.6) is 0 Å². The molecule has 1 aromatic carbocycles. The summed E-state index contributed by atoms with van der Waals surface area (Å²) in [5.41, 5.74) is 1.90. The molecule has 0 aliphatic carbocycles. The Morgan fingerprint density at radius 2 is 2.09 bits per heavy atom. The van der Waals surface area contributed by atoms with E-state index in [1.54, 1.807) is 6.07 Å². The van der Waals surface area contributed by atoms with Crippen molar-refractivity contribution in [3.8, 4) is 0 Å². The fourth-order valence-corrected chi connectivity index (χ4v) is 3.09. The van der Waals surface area contributed by atoms with Gasteiger partial charge in [-0.3, -0.25) is 9.78 Å². The summed E-state index contributed by atoms with van der Waals surface area (Å²) in [4.78, 5) is 19.1. The molecule has 0 radical (unpaired) electrons. The molecule has 1 aromatic heterocycles. The van der Waals surface area contributed by atoms with Gasteiger partial charge < -0.3 is 4.90 Å². The van der Waals surface area contributed by atoms with Gasteiger partial charge in [0.15, 0.2) is 0 Å². The van der Waals surface area contributed by atoms with Gasteiger partial charge in [-0.25, -0.2) is 4.39 Å². The lowest BCUT2D eigenvalue weighted by atomic mass is 10.0. The lowest BCUT2D eigenvalue weighted by Crippen LogP contribution is -2.32. The molecule has 1 unspecified atom stereocenters. The molecule has 0 bridgehead atoms. The lowest BCUT2D eigenvalue weighted by Gasteiger charge is -2.21. The SMILES string of the molecule is Cc1nc2cc(F)ccc2cc1C(=O)N1CCCC(C)CC1. The molecule has 22 heavy (non-hydrogen) atoms. The van der Waals surface area contributed by atoms with Crippen LogP contribution in [0.15, 0.2) is 24.3 Å². The molecule has 1 saturated heterocycles. The summed E-state index contributed by atoms with van der Waals surface area (Å²) in [6.45, 7) is 5.67. The van der Waals surface area contributed by atoms with E-state index in [4.69, 9.17) is 0 Å². The van der Waals surface area contributed by atoms with Crippen molar-refractivity contribution in [3.63, 3.8) is 0 Å². The number of amides is 1. The highest BCUT2D eigenvalue weighted by atomic mass is 19.1. The quantitative estimate of drug-likeness (QED) is 0.799. The van der Waals surface area contributed by atoms with Gasteiger partial charge in [0.2, 0.25) is 0 Å². The Morgan fingerprint density at radius 3 is 2.91 bits per heavy atom. The van der Waals surface area contributed by atoms with Crippen molar-refractivity contribution in [2.75, 3.05) is 13.1 Å². The number of aromatic nitrogens is 1. The summed E-state index contributed by atoms with van der Waals surface area (Å²) in [6.07, 6.45) is 3.28. The fraction of sp³-hybridized carbons (Fsp3) is 0.444. The molecule has 0 spiro atoms. The number of likely N-dealkylation sites (tertiary alicyclic amines) is 1. The van der Waals surface area contributed by atoms with Crippen LogP contribution in [0.25, 0.3) is 10.9 Å².